The Bertz CT molecular complexity index is 1270. The van der Waals surface area contributed by atoms with Crippen molar-refractivity contribution in [2.45, 2.75) is 13.3 Å². The summed E-state index contributed by atoms with van der Waals surface area (Å²) in [6, 6.07) is 17.5. The Morgan fingerprint density at radius 3 is 2.43 bits per heavy atom. The highest BCUT2D eigenvalue weighted by Gasteiger charge is 2.27. The van der Waals surface area contributed by atoms with Crippen LogP contribution in [-0.2, 0) is 10.0 Å². The van der Waals surface area contributed by atoms with Crippen molar-refractivity contribution in [1.29, 1.82) is 0 Å². The van der Waals surface area contributed by atoms with Crippen LogP contribution in [0.2, 0.25) is 0 Å². The van der Waals surface area contributed by atoms with Crippen molar-refractivity contribution in [2.24, 2.45) is 0 Å². The minimum absolute atomic E-state index is 0.0440. The van der Waals surface area contributed by atoms with E-state index in [9.17, 15) is 17.6 Å². The summed E-state index contributed by atoms with van der Waals surface area (Å²) in [7, 11) is -3.44. The topological polar surface area (TPSA) is 78.9 Å². The molecule has 9 heteroatoms. The molecule has 0 bridgehead atoms. The molecule has 0 aromatic heterocycles. The van der Waals surface area contributed by atoms with E-state index in [-0.39, 0.29) is 24.0 Å². The Morgan fingerprint density at radius 2 is 1.71 bits per heavy atom. The third kappa shape index (κ3) is 5.91. The zero-order chi connectivity index (χ0) is 24.8. The van der Waals surface area contributed by atoms with Crippen LogP contribution < -0.4 is 15.0 Å². The normalized spacial score (nSPS) is 14.7. The van der Waals surface area contributed by atoms with Crippen LogP contribution in [-0.4, -0.2) is 63.7 Å². The summed E-state index contributed by atoms with van der Waals surface area (Å²) >= 11 is 0. The quantitative estimate of drug-likeness (QED) is 0.455. The van der Waals surface area contributed by atoms with E-state index in [1.807, 2.05) is 42.2 Å². The van der Waals surface area contributed by atoms with E-state index < -0.39 is 10.0 Å². The minimum Gasteiger partial charge on any atom is -0.493 e. The fourth-order valence-electron chi connectivity index (χ4n) is 4.31. The number of benzene rings is 3. The van der Waals surface area contributed by atoms with Crippen LogP contribution in [0.5, 0.6) is 5.75 Å². The fourth-order valence-corrected chi connectivity index (χ4v) is 5.80. The number of anilines is 1. The standard InChI is InChI=1S/C26H30FN3O4S/c1-2-34-24-13-8-20-6-3-4-7-23(20)25(24)26(31)28-14-5-19-35(32,33)30-17-15-29(16-18-30)22-11-9-21(27)10-12-22/h3-4,6-13H,2,5,14-19H2,1H3,(H,28,31). The van der Waals surface area contributed by atoms with E-state index in [0.29, 0.717) is 50.5 Å². The first-order valence-electron chi connectivity index (χ1n) is 11.8. The molecule has 1 N–H and O–H groups in total. The number of amides is 1. The molecule has 0 aliphatic carbocycles. The van der Waals surface area contributed by atoms with Gasteiger partial charge in [-0.15, -0.1) is 0 Å². The number of ether oxygens (including phenoxy) is 1. The summed E-state index contributed by atoms with van der Waals surface area (Å²) in [5, 5.41) is 4.59. The predicted molar refractivity (Wildman–Crippen MR) is 136 cm³/mol. The zero-order valence-corrected chi connectivity index (χ0v) is 20.6. The van der Waals surface area contributed by atoms with Crippen LogP contribution in [0.25, 0.3) is 10.8 Å². The molecule has 0 unspecified atom stereocenters. The fraction of sp³-hybridized carbons (Fsp3) is 0.346. The molecule has 4 rings (SSSR count). The van der Waals surface area contributed by atoms with Crippen molar-refractivity contribution in [3.05, 3.63) is 72.0 Å². The maximum atomic E-state index is 13.2. The molecule has 0 atom stereocenters. The Morgan fingerprint density at radius 1 is 1.00 bits per heavy atom. The van der Waals surface area contributed by atoms with Gasteiger partial charge in [-0.1, -0.05) is 30.3 Å². The summed E-state index contributed by atoms with van der Waals surface area (Å²) in [6.07, 6.45) is 0.307. The molecule has 3 aromatic carbocycles. The highest BCUT2D eigenvalue weighted by Crippen LogP contribution is 2.28. The van der Waals surface area contributed by atoms with E-state index in [2.05, 4.69) is 5.32 Å². The van der Waals surface area contributed by atoms with E-state index in [0.717, 1.165) is 16.5 Å². The monoisotopic (exact) mass is 499 g/mol. The van der Waals surface area contributed by atoms with Gasteiger partial charge in [0, 0.05) is 38.4 Å². The maximum absolute atomic E-state index is 13.2. The first-order valence-corrected chi connectivity index (χ1v) is 13.4. The molecule has 1 aliphatic rings. The summed E-state index contributed by atoms with van der Waals surface area (Å²) in [5.41, 5.74) is 1.34. The predicted octanol–water partition coefficient (Wildman–Crippen LogP) is 3.65. The van der Waals surface area contributed by atoms with Gasteiger partial charge in [0.15, 0.2) is 0 Å². The molecular formula is C26H30FN3O4S. The van der Waals surface area contributed by atoms with E-state index in [1.165, 1.54) is 16.4 Å². The molecule has 7 nitrogen and oxygen atoms in total. The van der Waals surface area contributed by atoms with Crippen molar-refractivity contribution < 1.29 is 22.3 Å². The highest BCUT2D eigenvalue weighted by molar-refractivity contribution is 7.89. The molecule has 0 saturated carbocycles. The molecular weight excluding hydrogens is 469 g/mol. The molecule has 35 heavy (non-hydrogen) atoms. The SMILES string of the molecule is CCOc1ccc2ccccc2c1C(=O)NCCCS(=O)(=O)N1CCN(c2ccc(F)cc2)CC1. The molecule has 1 amide bonds. The van der Waals surface area contributed by atoms with Crippen molar-refractivity contribution in [1.82, 2.24) is 9.62 Å². The second-order valence-electron chi connectivity index (χ2n) is 8.38. The van der Waals surface area contributed by atoms with Crippen LogP contribution in [0.1, 0.15) is 23.7 Å². The van der Waals surface area contributed by atoms with Gasteiger partial charge in [-0.25, -0.2) is 12.8 Å². The molecule has 186 valence electrons. The van der Waals surface area contributed by atoms with Gasteiger partial charge in [-0.3, -0.25) is 4.79 Å². The Balaban J connectivity index is 1.31. The van der Waals surface area contributed by atoms with Gasteiger partial charge < -0.3 is 15.0 Å². The number of rotatable bonds is 9. The molecule has 0 radical (unpaired) electrons. The van der Waals surface area contributed by atoms with Crippen LogP contribution in [0.4, 0.5) is 10.1 Å². The lowest BCUT2D eigenvalue weighted by Crippen LogP contribution is -2.49. The van der Waals surface area contributed by atoms with Gasteiger partial charge in [0.05, 0.1) is 17.9 Å². The number of carbonyl (C=O) groups is 1. The van der Waals surface area contributed by atoms with Gasteiger partial charge in [0.25, 0.3) is 5.91 Å². The highest BCUT2D eigenvalue weighted by atomic mass is 32.2. The Kier molecular flexibility index (Phi) is 7.87. The number of halogens is 1. The van der Waals surface area contributed by atoms with Gasteiger partial charge in [0.2, 0.25) is 10.0 Å². The summed E-state index contributed by atoms with van der Waals surface area (Å²) in [5.74, 6) is -0.111. The number of fused-ring (bicyclic) bond motifs is 1. The third-order valence-corrected chi connectivity index (χ3v) is 8.06. The van der Waals surface area contributed by atoms with Gasteiger partial charge in [0.1, 0.15) is 11.6 Å². The first kappa shape index (κ1) is 24.9. The second kappa shape index (κ2) is 11.0. The maximum Gasteiger partial charge on any atom is 0.255 e. The smallest absolute Gasteiger partial charge is 0.255 e. The van der Waals surface area contributed by atoms with Crippen LogP contribution in [0.3, 0.4) is 0 Å². The van der Waals surface area contributed by atoms with E-state index in [1.54, 1.807) is 18.2 Å². The molecule has 1 heterocycles. The van der Waals surface area contributed by atoms with E-state index in [4.69, 9.17) is 4.74 Å². The second-order valence-corrected chi connectivity index (χ2v) is 10.5. The number of nitrogens with one attached hydrogen (secondary N) is 1. The van der Waals surface area contributed by atoms with Gasteiger partial charge in [-0.2, -0.15) is 4.31 Å². The summed E-state index contributed by atoms with van der Waals surface area (Å²) in [6.45, 7) is 4.38. The van der Waals surface area contributed by atoms with Gasteiger partial charge in [-0.05, 0) is 54.4 Å². The van der Waals surface area contributed by atoms with Crippen molar-refractivity contribution in [3.8, 4) is 5.75 Å². The van der Waals surface area contributed by atoms with Crippen LogP contribution >= 0.6 is 0 Å². The largest absolute Gasteiger partial charge is 0.493 e. The minimum atomic E-state index is -3.44. The molecule has 0 spiro atoms. The van der Waals surface area contributed by atoms with Gasteiger partial charge >= 0.3 is 0 Å². The third-order valence-electron chi connectivity index (χ3n) is 6.11. The molecule has 1 saturated heterocycles. The number of piperazine rings is 1. The zero-order valence-electron chi connectivity index (χ0n) is 19.7. The lowest BCUT2D eigenvalue weighted by Gasteiger charge is -2.35. The molecule has 1 fully saturated rings. The average Bonchev–Trinajstić information content (AvgIpc) is 2.87. The molecule has 3 aromatic rings. The van der Waals surface area contributed by atoms with Crippen molar-refractivity contribution in [2.75, 3.05) is 50.0 Å². The Hall–Kier alpha value is -3.17. The first-order chi connectivity index (χ1) is 16.9. The van der Waals surface area contributed by atoms with Crippen molar-refractivity contribution in [3.63, 3.8) is 0 Å². The number of sulfonamides is 1. The average molecular weight is 500 g/mol. The summed E-state index contributed by atoms with van der Waals surface area (Å²) < 4.78 is 46.0. The summed E-state index contributed by atoms with van der Waals surface area (Å²) in [4.78, 5) is 15.0. The molecule has 1 aliphatic heterocycles. The number of hydrogen-bond acceptors (Lipinski definition) is 5. The number of carbonyl (C=O) groups excluding carboxylic acids is 1. The lowest BCUT2D eigenvalue weighted by atomic mass is 10.0. The number of nitrogens with zero attached hydrogens (tertiary/aromatic N) is 2. The van der Waals surface area contributed by atoms with Crippen LogP contribution in [0, 0.1) is 5.82 Å². The van der Waals surface area contributed by atoms with E-state index >= 15 is 0 Å². The van der Waals surface area contributed by atoms with Crippen LogP contribution in [0.15, 0.2) is 60.7 Å². The lowest BCUT2D eigenvalue weighted by molar-refractivity contribution is 0.0951. The number of hydrogen-bond donors (Lipinski definition) is 1. The Labute approximate surface area is 205 Å². The van der Waals surface area contributed by atoms with Crippen molar-refractivity contribution >= 4 is 32.4 Å².